The molecule has 0 saturated carbocycles. The van der Waals surface area contributed by atoms with Crippen molar-refractivity contribution in [2.75, 3.05) is 20.2 Å². The quantitative estimate of drug-likeness (QED) is 0.900. The minimum absolute atomic E-state index is 0.00637. The number of amides is 1. The highest BCUT2D eigenvalue weighted by Gasteiger charge is 2.08. The lowest BCUT2D eigenvalue weighted by atomic mass is 10.3. The third-order valence-electron chi connectivity index (χ3n) is 2.07. The highest BCUT2D eigenvalue weighted by atomic mass is 79.9. The maximum Gasteiger partial charge on any atom is 0.224 e. The van der Waals surface area contributed by atoms with Crippen LogP contribution in [0.4, 0.5) is 0 Å². The van der Waals surface area contributed by atoms with Crippen molar-refractivity contribution in [2.24, 2.45) is 0 Å². The van der Waals surface area contributed by atoms with E-state index in [0.29, 0.717) is 6.54 Å². The minimum Gasteiger partial charge on any atom is -0.396 e. The molecule has 0 bridgehead atoms. The summed E-state index contributed by atoms with van der Waals surface area (Å²) in [6.07, 6.45) is 1.08. The van der Waals surface area contributed by atoms with E-state index in [-0.39, 0.29) is 18.9 Å². The van der Waals surface area contributed by atoms with Gasteiger partial charge < -0.3 is 10.0 Å². The van der Waals surface area contributed by atoms with E-state index in [9.17, 15) is 4.79 Å². The first kappa shape index (κ1) is 12.7. The molecular weight excluding hydrogens is 278 g/mol. The number of rotatable bonds is 5. The normalized spacial score (nSPS) is 10.3. The van der Waals surface area contributed by atoms with Crippen LogP contribution in [0.25, 0.3) is 0 Å². The number of aliphatic hydroxyl groups excluding tert-OH is 1. The zero-order valence-corrected chi connectivity index (χ0v) is 11.0. The summed E-state index contributed by atoms with van der Waals surface area (Å²) in [4.78, 5) is 14.2. The summed E-state index contributed by atoms with van der Waals surface area (Å²) in [5.74, 6) is -0.00637. The first-order valence-electron chi connectivity index (χ1n) is 4.71. The number of halogens is 1. The summed E-state index contributed by atoms with van der Waals surface area (Å²) in [5, 5.41) is 10.7. The molecule has 0 aliphatic carbocycles. The van der Waals surface area contributed by atoms with E-state index in [2.05, 4.69) is 22.0 Å². The summed E-state index contributed by atoms with van der Waals surface area (Å²) in [6, 6.07) is 2.06. The molecule has 0 spiro atoms. The van der Waals surface area contributed by atoms with Gasteiger partial charge in [-0.25, -0.2) is 0 Å². The van der Waals surface area contributed by atoms with E-state index in [1.165, 1.54) is 4.88 Å². The number of carbonyl (C=O) groups excluding carboxylic acids is 1. The highest BCUT2D eigenvalue weighted by Crippen LogP contribution is 2.20. The number of hydrogen-bond donors (Lipinski definition) is 1. The van der Waals surface area contributed by atoms with Gasteiger partial charge in [0.15, 0.2) is 0 Å². The largest absolute Gasteiger partial charge is 0.396 e. The third-order valence-corrected chi connectivity index (χ3v) is 3.82. The van der Waals surface area contributed by atoms with E-state index >= 15 is 0 Å². The van der Waals surface area contributed by atoms with E-state index in [0.717, 1.165) is 10.9 Å². The van der Waals surface area contributed by atoms with E-state index in [1.54, 1.807) is 23.3 Å². The van der Waals surface area contributed by atoms with Crippen LogP contribution < -0.4 is 0 Å². The molecule has 1 N–H and O–H groups in total. The summed E-state index contributed by atoms with van der Waals surface area (Å²) in [5.41, 5.74) is 0. The summed E-state index contributed by atoms with van der Waals surface area (Å²) in [6.45, 7) is 0.625. The molecule has 3 nitrogen and oxygen atoms in total. The molecule has 1 rings (SSSR count). The van der Waals surface area contributed by atoms with Crippen molar-refractivity contribution in [2.45, 2.75) is 12.8 Å². The highest BCUT2D eigenvalue weighted by molar-refractivity contribution is 9.10. The smallest absolute Gasteiger partial charge is 0.224 e. The molecule has 0 aliphatic rings. The predicted octanol–water partition coefficient (Wildman–Crippen LogP) is 1.89. The number of thiophene rings is 1. The van der Waals surface area contributed by atoms with Crippen LogP contribution in [0.3, 0.4) is 0 Å². The van der Waals surface area contributed by atoms with Crippen molar-refractivity contribution in [1.29, 1.82) is 0 Å². The number of nitrogens with zero attached hydrogens (tertiary/aromatic N) is 1. The van der Waals surface area contributed by atoms with Crippen LogP contribution in [-0.4, -0.2) is 36.1 Å². The van der Waals surface area contributed by atoms with Gasteiger partial charge in [0.2, 0.25) is 5.91 Å². The first-order valence-corrected chi connectivity index (χ1v) is 6.38. The Kier molecular flexibility index (Phi) is 5.28. The Morgan fingerprint density at radius 2 is 2.40 bits per heavy atom. The lowest BCUT2D eigenvalue weighted by Gasteiger charge is -2.15. The molecule has 15 heavy (non-hydrogen) atoms. The number of hydrogen-bond acceptors (Lipinski definition) is 3. The fraction of sp³-hybridized carbons (Fsp3) is 0.500. The number of aliphatic hydroxyl groups is 1. The summed E-state index contributed by atoms with van der Waals surface area (Å²) < 4.78 is 1.09. The molecule has 0 atom stereocenters. The Balaban J connectivity index is 2.33. The van der Waals surface area contributed by atoms with Crippen molar-refractivity contribution in [3.63, 3.8) is 0 Å². The maximum absolute atomic E-state index is 11.3. The zero-order chi connectivity index (χ0) is 11.3. The van der Waals surface area contributed by atoms with Crippen LogP contribution in [0, 0.1) is 0 Å². The van der Waals surface area contributed by atoms with Crippen LogP contribution in [-0.2, 0) is 11.2 Å². The summed E-state index contributed by atoms with van der Waals surface area (Å²) in [7, 11) is 1.76. The SMILES string of the molecule is CN(CCc1cc(Br)cs1)C(=O)CCO. The zero-order valence-electron chi connectivity index (χ0n) is 8.57. The van der Waals surface area contributed by atoms with Gasteiger partial charge in [0.25, 0.3) is 0 Å². The van der Waals surface area contributed by atoms with Crippen molar-refractivity contribution < 1.29 is 9.90 Å². The Labute approximate surface area is 102 Å². The van der Waals surface area contributed by atoms with Crippen LogP contribution in [0.15, 0.2) is 15.9 Å². The van der Waals surface area contributed by atoms with Crippen molar-refractivity contribution in [3.05, 3.63) is 20.8 Å². The molecule has 84 valence electrons. The Bertz CT molecular complexity index is 327. The average Bonchev–Trinajstić information content (AvgIpc) is 2.61. The van der Waals surface area contributed by atoms with Gasteiger partial charge in [0.1, 0.15) is 0 Å². The van der Waals surface area contributed by atoms with Crippen molar-refractivity contribution in [3.8, 4) is 0 Å². The van der Waals surface area contributed by atoms with Gasteiger partial charge in [-0.05, 0) is 28.4 Å². The molecule has 1 heterocycles. The fourth-order valence-electron chi connectivity index (χ4n) is 1.17. The van der Waals surface area contributed by atoms with E-state index < -0.39 is 0 Å². The van der Waals surface area contributed by atoms with Gasteiger partial charge in [0.05, 0.1) is 6.61 Å². The minimum atomic E-state index is -0.0757. The predicted molar refractivity (Wildman–Crippen MR) is 65.1 cm³/mol. The molecule has 0 radical (unpaired) electrons. The lowest BCUT2D eigenvalue weighted by Crippen LogP contribution is -2.29. The Morgan fingerprint density at radius 3 is 2.93 bits per heavy atom. The molecule has 0 saturated heterocycles. The molecule has 0 fully saturated rings. The molecule has 1 amide bonds. The van der Waals surface area contributed by atoms with Gasteiger partial charge in [0, 0.05) is 34.7 Å². The molecule has 0 aromatic carbocycles. The molecular formula is C10H14BrNO2S. The fourth-order valence-corrected chi connectivity index (χ4v) is 2.62. The second-order valence-corrected chi connectivity index (χ2v) is 5.18. The van der Waals surface area contributed by atoms with Gasteiger partial charge in [-0.2, -0.15) is 0 Å². The monoisotopic (exact) mass is 291 g/mol. The second-order valence-electron chi connectivity index (χ2n) is 3.27. The number of carbonyl (C=O) groups is 1. The molecule has 0 unspecified atom stereocenters. The van der Waals surface area contributed by atoms with Crippen molar-refractivity contribution >= 4 is 33.2 Å². The average molecular weight is 292 g/mol. The van der Waals surface area contributed by atoms with E-state index in [4.69, 9.17) is 5.11 Å². The standard InChI is InChI=1S/C10H14BrNO2S/c1-12(10(14)3-5-13)4-2-9-6-8(11)7-15-9/h6-7,13H,2-5H2,1H3. The second kappa shape index (κ2) is 6.25. The maximum atomic E-state index is 11.3. The van der Waals surface area contributed by atoms with Gasteiger partial charge in [-0.3, -0.25) is 4.79 Å². The van der Waals surface area contributed by atoms with Crippen LogP contribution in [0.2, 0.25) is 0 Å². The molecule has 1 aromatic heterocycles. The molecule has 5 heteroatoms. The number of likely N-dealkylation sites (N-methyl/N-ethyl adjacent to an activating group) is 1. The third kappa shape index (κ3) is 4.32. The van der Waals surface area contributed by atoms with E-state index in [1.807, 2.05) is 5.38 Å². The van der Waals surface area contributed by atoms with Crippen LogP contribution >= 0.6 is 27.3 Å². The molecule has 0 aliphatic heterocycles. The lowest BCUT2D eigenvalue weighted by molar-refractivity contribution is -0.130. The van der Waals surface area contributed by atoms with Crippen LogP contribution in [0.1, 0.15) is 11.3 Å². The Morgan fingerprint density at radius 1 is 1.67 bits per heavy atom. The summed E-state index contributed by atoms with van der Waals surface area (Å²) >= 11 is 5.07. The van der Waals surface area contributed by atoms with Crippen LogP contribution in [0.5, 0.6) is 0 Å². The van der Waals surface area contributed by atoms with Gasteiger partial charge >= 0.3 is 0 Å². The van der Waals surface area contributed by atoms with Gasteiger partial charge in [-0.1, -0.05) is 0 Å². The first-order chi connectivity index (χ1) is 7.13. The topological polar surface area (TPSA) is 40.5 Å². The van der Waals surface area contributed by atoms with Gasteiger partial charge in [-0.15, -0.1) is 11.3 Å². The Hall–Kier alpha value is -0.390. The van der Waals surface area contributed by atoms with Crippen molar-refractivity contribution in [1.82, 2.24) is 4.90 Å². The molecule has 1 aromatic rings.